The minimum Gasteiger partial charge on any atom is -0.454 e. The molecule has 0 fully saturated rings. The number of rotatable bonds is 5. The summed E-state index contributed by atoms with van der Waals surface area (Å²) < 4.78 is 15.4. The lowest BCUT2D eigenvalue weighted by atomic mass is 10.0. The quantitative estimate of drug-likeness (QED) is 0.770. The first-order chi connectivity index (χ1) is 9.65. The summed E-state index contributed by atoms with van der Waals surface area (Å²) in [5.74, 6) is 1.21. The predicted molar refractivity (Wildman–Crippen MR) is 71.3 cm³/mol. The lowest BCUT2D eigenvalue weighted by molar-refractivity contribution is 0.112. The fraction of sp³-hybridized carbons (Fsp3) is 0.429. The highest BCUT2D eigenvalue weighted by atomic mass is 16.7. The van der Waals surface area contributed by atoms with E-state index in [0.29, 0.717) is 36.6 Å². The van der Waals surface area contributed by atoms with Crippen LogP contribution in [0, 0.1) is 0 Å². The van der Waals surface area contributed by atoms with Gasteiger partial charge < -0.3 is 19.1 Å². The van der Waals surface area contributed by atoms with Gasteiger partial charge in [-0.1, -0.05) is 0 Å². The van der Waals surface area contributed by atoms with Crippen molar-refractivity contribution in [2.45, 2.75) is 13.3 Å². The summed E-state index contributed by atoms with van der Waals surface area (Å²) in [6.07, 6.45) is 0.947. The van der Waals surface area contributed by atoms with Crippen LogP contribution in [0.5, 0.6) is 11.5 Å². The summed E-state index contributed by atoms with van der Waals surface area (Å²) in [4.78, 5) is 24.1. The van der Waals surface area contributed by atoms with Crippen molar-refractivity contribution in [3.63, 3.8) is 0 Å². The van der Waals surface area contributed by atoms with Gasteiger partial charge in [-0.15, -0.1) is 0 Å². The topological polar surface area (TPSA) is 65.1 Å². The third kappa shape index (κ3) is 3.01. The Morgan fingerprint density at radius 3 is 2.75 bits per heavy atom. The van der Waals surface area contributed by atoms with Gasteiger partial charge in [0.05, 0.1) is 6.61 Å². The molecule has 6 heteroatoms. The van der Waals surface area contributed by atoms with E-state index in [1.54, 1.807) is 26.1 Å². The van der Waals surface area contributed by atoms with Crippen molar-refractivity contribution in [3.8, 4) is 11.5 Å². The number of amides is 1. The fourth-order valence-corrected chi connectivity index (χ4v) is 1.94. The average Bonchev–Trinajstić information content (AvgIpc) is 2.90. The summed E-state index contributed by atoms with van der Waals surface area (Å²) >= 11 is 0. The Bertz CT molecular complexity index is 515. The zero-order valence-corrected chi connectivity index (χ0v) is 11.5. The van der Waals surface area contributed by atoms with Crippen LogP contribution in [0.4, 0.5) is 4.79 Å². The van der Waals surface area contributed by atoms with Gasteiger partial charge in [0, 0.05) is 19.2 Å². The number of nitrogens with zero attached hydrogens (tertiary/aromatic N) is 1. The Morgan fingerprint density at radius 2 is 2.10 bits per heavy atom. The number of carbonyl (C=O) groups excluding carboxylic acids is 2. The molecule has 20 heavy (non-hydrogen) atoms. The SMILES string of the molecule is CCOC(=O)N(C)CCc1cc2c(cc1C=O)OCO2. The van der Waals surface area contributed by atoms with Crippen molar-refractivity contribution in [1.29, 1.82) is 0 Å². The normalized spacial score (nSPS) is 12.1. The fourth-order valence-electron chi connectivity index (χ4n) is 1.94. The highest BCUT2D eigenvalue weighted by Gasteiger charge is 2.18. The number of ether oxygens (including phenoxy) is 3. The molecule has 1 aromatic carbocycles. The molecule has 0 saturated carbocycles. The van der Waals surface area contributed by atoms with E-state index in [0.717, 1.165) is 11.8 Å². The van der Waals surface area contributed by atoms with Gasteiger partial charge in [0.2, 0.25) is 6.79 Å². The summed E-state index contributed by atoms with van der Waals surface area (Å²) in [5, 5.41) is 0. The predicted octanol–water partition coefficient (Wildman–Crippen LogP) is 1.86. The molecule has 0 N–H and O–H groups in total. The minimum atomic E-state index is -0.374. The molecule has 0 saturated heterocycles. The largest absolute Gasteiger partial charge is 0.454 e. The highest BCUT2D eigenvalue weighted by Crippen LogP contribution is 2.34. The number of carbonyl (C=O) groups is 2. The average molecular weight is 279 g/mol. The van der Waals surface area contributed by atoms with Crippen LogP contribution in [0.3, 0.4) is 0 Å². The van der Waals surface area contributed by atoms with Crippen LogP contribution in [-0.2, 0) is 11.2 Å². The second-order valence-electron chi connectivity index (χ2n) is 4.39. The van der Waals surface area contributed by atoms with Crippen molar-refractivity contribution in [2.24, 2.45) is 0 Å². The van der Waals surface area contributed by atoms with Crippen LogP contribution in [-0.4, -0.2) is 44.3 Å². The molecule has 0 bridgehead atoms. The zero-order chi connectivity index (χ0) is 14.5. The molecule has 1 aliphatic heterocycles. The van der Waals surface area contributed by atoms with Crippen LogP contribution in [0.15, 0.2) is 12.1 Å². The molecule has 6 nitrogen and oxygen atoms in total. The summed E-state index contributed by atoms with van der Waals surface area (Å²) in [7, 11) is 1.66. The maximum absolute atomic E-state index is 11.5. The lowest BCUT2D eigenvalue weighted by Crippen LogP contribution is -2.29. The molecule has 0 atom stereocenters. The van der Waals surface area contributed by atoms with Crippen LogP contribution >= 0.6 is 0 Å². The van der Waals surface area contributed by atoms with Crippen molar-refractivity contribution >= 4 is 12.4 Å². The molecule has 2 rings (SSSR count). The molecule has 1 aliphatic rings. The van der Waals surface area contributed by atoms with E-state index < -0.39 is 0 Å². The Morgan fingerprint density at radius 1 is 1.40 bits per heavy atom. The van der Waals surface area contributed by atoms with Crippen LogP contribution in [0.2, 0.25) is 0 Å². The summed E-state index contributed by atoms with van der Waals surface area (Å²) in [6.45, 7) is 2.72. The molecule has 1 aromatic rings. The number of benzene rings is 1. The minimum absolute atomic E-state index is 0.166. The molecule has 0 aliphatic carbocycles. The van der Waals surface area contributed by atoms with Crippen molar-refractivity contribution in [2.75, 3.05) is 27.0 Å². The highest BCUT2D eigenvalue weighted by molar-refractivity contribution is 5.79. The molecule has 108 valence electrons. The van der Waals surface area contributed by atoms with Gasteiger partial charge in [-0.05, 0) is 31.0 Å². The maximum atomic E-state index is 11.5. The Balaban J connectivity index is 2.05. The van der Waals surface area contributed by atoms with E-state index in [1.165, 1.54) is 4.90 Å². The third-order valence-electron chi connectivity index (χ3n) is 3.06. The van der Waals surface area contributed by atoms with Gasteiger partial charge in [-0.3, -0.25) is 4.79 Å². The van der Waals surface area contributed by atoms with Gasteiger partial charge in [0.1, 0.15) is 6.29 Å². The van der Waals surface area contributed by atoms with Gasteiger partial charge in [-0.25, -0.2) is 4.79 Å². The number of likely N-dealkylation sites (N-methyl/N-ethyl adjacent to an activating group) is 1. The first kappa shape index (κ1) is 14.2. The molecule has 0 spiro atoms. The number of hydrogen-bond acceptors (Lipinski definition) is 5. The molecule has 1 amide bonds. The first-order valence-electron chi connectivity index (χ1n) is 6.41. The number of fused-ring (bicyclic) bond motifs is 1. The van der Waals surface area contributed by atoms with Crippen molar-refractivity contribution < 1.29 is 23.8 Å². The first-order valence-corrected chi connectivity index (χ1v) is 6.41. The van der Waals surface area contributed by atoms with E-state index >= 15 is 0 Å². The Hall–Kier alpha value is -2.24. The monoisotopic (exact) mass is 279 g/mol. The molecule has 0 radical (unpaired) electrons. The van der Waals surface area contributed by atoms with E-state index in [9.17, 15) is 9.59 Å². The Labute approximate surface area is 117 Å². The van der Waals surface area contributed by atoms with E-state index in [2.05, 4.69) is 0 Å². The molecular formula is C14H17NO5. The second kappa shape index (κ2) is 6.27. The molecular weight excluding hydrogens is 262 g/mol. The number of hydrogen-bond donors (Lipinski definition) is 0. The molecule has 0 aromatic heterocycles. The van der Waals surface area contributed by atoms with Gasteiger partial charge in [0.15, 0.2) is 11.5 Å². The van der Waals surface area contributed by atoms with E-state index in [-0.39, 0.29) is 12.9 Å². The summed E-state index contributed by atoms with van der Waals surface area (Å²) in [6, 6.07) is 3.44. The van der Waals surface area contributed by atoms with E-state index in [1.807, 2.05) is 0 Å². The summed E-state index contributed by atoms with van der Waals surface area (Å²) in [5.41, 5.74) is 1.37. The van der Waals surface area contributed by atoms with Gasteiger partial charge >= 0.3 is 6.09 Å². The maximum Gasteiger partial charge on any atom is 0.409 e. The van der Waals surface area contributed by atoms with Crippen LogP contribution in [0.25, 0.3) is 0 Å². The standard InChI is InChI=1S/C14H17NO5/c1-3-18-14(17)15(2)5-4-10-6-12-13(20-9-19-12)7-11(10)8-16/h6-8H,3-5,9H2,1-2H3. The second-order valence-corrected chi connectivity index (χ2v) is 4.39. The Kier molecular flexibility index (Phi) is 4.45. The smallest absolute Gasteiger partial charge is 0.409 e. The van der Waals surface area contributed by atoms with E-state index in [4.69, 9.17) is 14.2 Å². The molecule has 0 unspecified atom stereocenters. The lowest BCUT2D eigenvalue weighted by Gasteiger charge is -2.17. The van der Waals surface area contributed by atoms with Gasteiger partial charge in [-0.2, -0.15) is 0 Å². The van der Waals surface area contributed by atoms with Crippen LogP contribution < -0.4 is 9.47 Å². The zero-order valence-electron chi connectivity index (χ0n) is 11.5. The van der Waals surface area contributed by atoms with Crippen molar-refractivity contribution in [1.82, 2.24) is 4.90 Å². The third-order valence-corrected chi connectivity index (χ3v) is 3.06. The molecule has 1 heterocycles. The van der Waals surface area contributed by atoms with Crippen molar-refractivity contribution in [3.05, 3.63) is 23.3 Å². The van der Waals surface area contributed by atoms with Crippen LogP contribution in [0.1, 0.15) is 22.8 Å². The number of aldehydes is 1. The van der Waals surface area contributed by atoms with Gasteiger partial charge in [0.25, 0.3) is 0 Å².